The molecule has 0 unspecified atom stereocenters. The average molecular weight is 262 g/mol. The summed E-state index contributed by atoms with van der Waals surface area (Å²) in [5.41, 5.74) is 1.40. The minimum Gasteiger partial charge on any atom is -0.493 e. The van der Waals surface area contributed by atoms with E-state index in [9.17, 15) is 9.59 Å². The Morgan fingerprint density at radius 2 is 2.00 bits per heavy atom. The van der Waals surface area contributed by atoms with Crippen LogP contribution in [0, 0.1) is 0 Å². The van der Waals surface area contributed by atoms with E-state index in [1.165, 1.54) is 0 Å². The summed E-state index contributed by atoms with van der Waals surface area (Å²) in [5.74, 6) is -0.753. The summed E-state index contributed by atoms with van der Waals surface area (Å²) in [6, 6.07) is 5.41. The van der Waals surface area contributed by atoms with Crippen molar-refractivity contribution in [3.05, 3.63) is 41.5 Å². The van der Waals surface area contributed by atoms with Crippen molar-refractivity contribution >= 4 is 11.8 Å². The molecular weight excluding hydrogens is 244 g/mol. The molecule has 0 fully saturated rings. The fraction of sp³-hybridized carbons (Fsp3) is 0.333. The van der Waals surface area contributed by atoms with Gasteiger partial charge in [-0.25, -0.2) is 4.79 Å². The lowest BCUT2D eigenvalue weighted by Gasteiger charge is -2.12. The Morgan fingerprint density at radius 1 is 1.32 bits per heavy atom. The van der Waals surface area contributed by atoms with Gasteiger partial charge in [0, 0.05) is 6.08 Å². The summed E-state index contributed by atoms with van der Waals surface area (Å²) in [5, 5.41) is 8.55. The first-order valence-electron chi connectivity index (χ1n) is 6.17. The van der Waals surface area contributed by atoms with E-state index in [-0.39, 0.29) is 11.7 Å². The van der Waals surface area contributed by atoms with Crippen LogP contribution >= 0.6 is 0 Å². The summed E-state index contributed by atoms with van der Waals surface area (Å²) in [4.78, 5) is 22.4. The highest BCUT2D eigenvalue weighted by atomic mass is 16.5. The van der Waals surface area contributed by atoms with Crippen LogP contribution in [-0.4, -0.2) is 23.5 Å². The lowest BCUT2D eigenvalue weighted by molar-refractivity contribution is -0.131. The first kappa shape index (κ1) is 15.0. The molecule has 0 aromatic heterocycles. The molecule has 4 nitrogen and oxygen atoms in total. The van der Waals surface area contributed by atoms with Gasteiger partial charge in [-0.15, -0.1) is 0 Å². The molecule has 0 aliphatic rings. The zero-order valence-corrected chi connectivity index (χ0v) is 11.3. The number of hydrogen-bond acceptors (Lipinski definition) is 3. The number of hydrogen-bond donors (Lipinski definition) is 1. The minimum absolute atomic E-state index is 0.283. The summed E-state index contributed by atoms with van der Waals surface area (Å²) >= 11 is 0. The van der Waals surface area contributed by atoms with Crippen molar-refractivity contribution in [2.24, 2.45) is 0 Å². The van der Waals surface area contributed by atoms with E-state index in [1.54, 1.807) is 12.1 Å². The van der Waals surface area contributed by atoms with Gasteiger partial charge in [0.25, 0.3) is 0 Å². The predicted octanol–water partition coefficient (Wildman–Crippen LogP) is 3.03. The standard InChI is InChI=1S/C15H18O4/c1-4-19-14-7-5-11(10(2)3)9-12(14)13(16)6-8-15(17)18/h5-10H,4H2,1-3H3,(H,17,18)/b8-6+. The fourth-order valence-corrected chi connectivity index (χ4v) is 1.62. The van der Waals surface area contributed by atoms with Crippen LogP contribution in [0.4, 0.5) is 0 Å². The molecule has 0 atom stereocenters. The molecule has 0 aliphatic heterocycles. The molecule has 1 aromatic carbocycles. The van der Waals surface area contributed by atoms with Crippen molar-refractivity contribution in [1.29, 1.82) is 0 Å². The highest BCUT2D eigenvalue weighted by Gasteiger charge is 2.12. The van der Waals surface area contributed by atoms with E-state index in [4.69, 9.17) is 9.84 Å². The Bertz CT molecular complexity index is 501. The van der Waals surface area contributed by atoms with Gasteiger partial charge in [-0.2, -0.15) is 0 Å². The highest BCUT2D eigenvalue weighted by molar-refractivity contribution is 6.08. The molecule has 0 bridgehead atoms. The number of rotatable bonds is 6. The van der Waals surface area contributed by atoms with Gasteiger partial charge in [0.15, 0.2) is 5.78 Å². The fourth-order valence-electron chi connectivity index (χ4n) is 1.62. The number of carboxylic acid groups (broad SMARTS) is 1. The molecule has 0 saturated heterocycles. The van der Waals surface area contributed by atoms with Gasteiger partial charge in [-0.1, -0.05) is 19.9 Å². The lowest BCUT2D eigenvalue weighted by Crippen LogP contribution is -2.04. The quantitative estimate of drug-likeness (QED) is 0.632. The number of carbonyl (C=O) groups excluding carboxylic acids is 1. The second-order valence-electron chi connectivity index (χ2n) is 4.38. The second kappa shape index (κ2) is 6.73. The van der Waals surface area contributed by atoms with Gasteiger partial charge >= 0.3 is 5.97 Å². The Hall–Kier alpha value is -2.10. The van der Waals surface area contributed by atoms with Crippen LogP contribution in [-0.2, 0) is 4.79 Å². The molecule has 1 rings (SSSR count). The zero-order chi connectivity index (χ0) is 14.4. The summed E-state index contributed by atoms with van der Waals surface area (Å²) in [7, 11) is 0. The van der Waals surface area contributed by atoms with Crippen LogP contribution in [0.5, 0.6) is 5.75 Å². The number of ether oxygens (including phenoxy) is 1. The van der Waals surface area contributed by atoms with Gasteiger partial charge in [-0.3, -0.25) is 4.79 Å². The van der Waals surface area contributed by atoms with Crippen LogP contribution in [0.1, 0.15) is 42.6 Å². The van der Waals surface area contributed by atoms with Crippen molar-refractivity contribution in [3.63, 3.8) is 0 Å². The number of aliphatic carboxylic acids is 1. The maximum absolute atomic E-state index is 12.0. The highest BCUT2D eigenvalue weighted by Crippen LogP contribution is 2.25. The van der Waals surface area contributed by atoms with Crippen molar-refractivity contribution in [3.8, 4) is 5.75 Å². The molecule has 0 saturated carbocycles. The second-order valence-corrected chi connectivity index (χ2v) is 4.38. The third-order valence-corrected chi connectivity index (χ3v) is 2.61. The normalized spacial score (nSPS) is 10.9. The Kier molecular flexibility index (Phi) is 5.30. The van der Waals surface area contributed by atoms with Gasteiger partial charge in [0.1, 0.15) is 5.75 Å². The molecule has 0 heterocycles. The summed E-state index contributed by atoms with van der Waals surface area (Å²) in [6.45, 7) is 6.33. The van der Waals surface area contributed by atoms with Crippen molar-refractivity contribution in [2.75, 3.05) is 6.61 Å². The van der Waals surface area contributed by atoms with Crippen LogP contribution in [0.25, 0.3) is 0 Å². The third kappa shape index (κ3) is 4.25. The van der Waals surface area contributed by atoms with Crippen molar-refractivity contribution < 1.29 is 19.4 Å². The van der Waals surface area contributed by atoms with E-state index in [0.29, 0.717) is 17.9 Å². The van der Waals surface area contributed by atoms with Crippen molar-refractivity contribution in [1.82, 2.24) is 0 Å². The molecule has 0 radical (unpaired) electrons. The Morgan fingerprint density at radius 3 is 2.53 bits per heavy atom. The number of ketones is 1. The summed E-state index contributed by atoms with van der Waals surface area (Å²) in [6.07, 6.45) is 1.88. The van der Waals surface area contributed by atoms with Crippen LogP contribution in [0.3, 0.4) is 0 Å². The van der Waals surface area contributed by atoms with Crippen LogP contribution < -0.4 is 4.74 Å². The topological polar surface area (TPSA) is 63.6 Å². The summed E-state index contributed by atoms with van der Waals surface area (Å²) < 4.78 is 5.40. The smallest absolute Gasteiger partial charge is 0.328 e. The Balaban J connectivity index is 3.16. The van der Waals surface area contributed by atoms with Crippen LogP contribution in [0.15, 0.2) is 30.4 Å². The molecule has 0 aliphatic carbocycles. The van der Waals surface area contributed by atoms with E-state index >= 15 is 0 Å². The van der Waals surface area contributed by atoms with E-state index in [0.717, 1.165) is 17.7 Å². The van der Waals surface area contributed by atoms with E-state index in [2.05, 4.69) is 0 Å². The van der Waals surface area contributed by atoms with Crippen LogP contribution in [0.2, 0.25) is 0 Å². The molecule has 0 spiro atoms. The maximum atomic E-state index is 12.0. The predicted molar refractivity (Wildman–Crippen MR) is 72.8 cm³/mol. The molecule has 1 aromatic rings. The lowest BCUT2D eigenvalue weighted by atomic mass is 9.98. The molecule has 0 amide bonds. The van der Waals surface area contributed by atoms with E-state index < -0.39 is 5.97 Å². The largest absolute Gasteiger partial charge is 0.493 e. The Labute approximate surface area is 112 Å². The monoisotopic (exact) mass is 262 g/mol. The molecule has 19 heavy (non-hydrogen) atoms. The molecular formula is C15H18O4. The molecule has 4 heteroatoms. The van der Waals surface area contributed by atoms with E-state index in [1.807, 2.05) is 26.8 Å². The first-order chi connectivity index (χ1) is 8.95. The average Bonchev–Trinajstić information content (AvgIpc) is 2.36. The first-order valence-corrected chi connectivity index (χ1v) is 6.17. The SMILES string of the molecule is CCOc1ccc(C(C)C)cc1C(=O)/C=C/C(=O)O. The van der Waals surface area contributed by atoms with Gasteiger partial charge in [-0.05, 0) is 36.6 Å². The van der Waals surface area contributed by atoms with Gasteiger partial charge < -0.3 is 9.84 Å². The number of benzene rings is 1. The van der Waals surface area contributed by atoms with Gasteiger partial charge in [0.05, 0.1) is 12.2 Å². The maximum Gasteiger partial charge on any atom is 0.328 e. The number of carbonyl (C=O) groups is 2. The molecule has 1 N–H and O–H groups in total. The number of carboxylic acids is 1. The van der Waals surface area contributed by atoms with Crippen molar-refractivity contribution in [2.45, 2.75) is 26.7 Å². The third-order valence-electron chi connectivity index (χ3n) is 2.61. The van der Waals surface area contributed by atoms with Gasteiger partial charge in [0.2, 0.25) is 0 Å². The number of allylic oxidation sites excluding steroid dienone is 1. The zero-order valence-electron chi connectivity index (χ0n) is 11.3. The molecule has 102 valence electrons. The minimum atomic E-state index is -1.15.